The van der Waals surface area contributed by atoms with Gasteiger partial charge < -0.3 is 33.8 Å². The third-order valence-corrected chi connectivity index (χ3v) is 19.0. The Kier molecular flexibility index (Phi) is 63.4. The topological polar surface area (TPSA) is 237 Å². The summed E-state index contributed by atoms with van der Waals surface area (Å²) >= 11 is 0. The molecule has 0 bridgehead atoms. The summed E-state index contributed by atoms with van der Waals surface area (Å²) in [5.74, 6) is 0.123. The van der Waals surface area contributed by atoms with E-state index in [4.69, 9.17) is 37.0 Å². The lowest BCUT2D eigenvalue weighted by molar-refractivity contribution is -0.161. The highest BCUT2D eigenvalue weighted by Gasteiger charge is 2.30. The normalized spacial score (nSPS) is 14.1. The zero-order valence-electron chi connectivity index (χ0n) is 60.7. The lowest BCUT2D eigenvalue weighted by atomic mass is 10.0. The van der Waals surface area contributed by atoms with Crippen LogP contribution in [0.5, 0.6) is 0 Å². The number of esters is 4. The molecule has 0 spiro atoms. The van der Waals surface area contributed by atoms with Gasteiger partial charge in [0.25, 0.3) is 0 Å². The van der Waals surface area contributed by atoms with Crippen molar-refractivity contribution in [2.24, 2.45) is 17.8 Å². The minimum Gasteiger partial charge on any atom is -0.462 e. The number of rotatable bonds is 72. The van der Waals surface area contributed by atoms with E-state index in [9.17, 15) is 43.2 Å². The van der Waals surface area contributed by atoms with Crippen LogP contribution in [-0.2, 0) is 65.4 Å². The predicted octanol–water partition coefficient (Wildman–Crippen LogP) is 21.4. The fourth-order valence-electron chi connectivity index (χ4n) is 11.2. The summed E-state index contributed by atoms with van der Waals surface area (Å²) < 4.78 is 68.4. The molecule has 0 aromatic heterocycles. The SMILES string of the molecule is CCCCCCCCCCCCCCCC(=O)OC[C@H](COP(=O)(O)OC[C@@H](O)COP(=O)(O)OC[C@@H](COC(=O)CCCCCCCCCC(C)C)OC(=O)CCCCCCCCCCCC(C)C)OC(=O)CCCCCCCCCCCCCCCCCC(C)C. The number of aliphatic hydroxyl groups excluding tert-OH is 1. The van der Waals surface area contributed by atoms with Gasteiger partial charge in [-0.1, -0.05) is 325 Å². The Balaban J connectivity index is 5.24. The highest BCUT2D eigenvalue weighted by Crippen LogP contribution is 2.45. The Labute approximate surface area is 568 Å². The molecule has 2 unspecified atom stereocenters. The summed E-state index contributed by atoms with van der Waals surface area (Å²) in [5, 5.41) is 10.6. The molecule has 0 saturated carbocycles. The monoisotopic (exact) mass is 1370 g/mol. The van der Waals surface area contributed by atoms with Crippen molar-refractivity contribution in [2.75, 3.05) is 39.6 Å². The molecule has 0 heterocycles. The van der Waals surface area contributed by atoms with Gasteiger partial charge in [-0.05, 0) is 43.4 Å². The molecule has 552 valence electrons. The molecular formula is C74H144O17P2. The van der Waals surface area contributed by atoms with E-state index < -0.39 is 97.5 Å². The fourth-order valence-corrected chi connectivity index (χ4v) is 12.8. The van der Waals surface area contributed by atoms with Crippen molar-refractivity contribution in [2.45, 2.75) is 394 Å². The molecule has 0 aromatic carbocycles. The maximum atomic E-state index is 13.1. The lowest BCUT2D eigenvalue weighted by Crippen LogP contribution is -2.30. The molecule has 5 atom stereocenters. The van der Waals surface area contributed by atoms with Gasteiger partial charge in [0.2, 0.25) is 0 Å². The van der Waals surface area contributed by atoms with Crippen LogP contribution < -0.4 is 0 Å². The van der Waals surface area contributed by atoms with Crippen LogP contribution in [-0.4, -0.2) is 96.7 Å². The van der Waals surface area contributed by atoms with Crippen molar-refractivity contribution in [1.29, 1.82) is 0 Å². The van der Waals surface area contributed by atoms with E-state index in [1.54, 1.807) is 0 Å². The number of ether oxygens (including phenoxy) is 4. The Morgan fingerprint density at radius 2 is 0.495 bits per heavy atom. The first-order valence-electron chi connectivity index (χ1n) is 38.3. The molecule has 0 aliphatic heterocycles. The van der Waals surface area contributed by atoms with E-state index in [0.29, 0.717) is 31.6 Å². The molecule has 0 aliphatic rings. The van der Waals surface area contributed by atoms with E-state index in [1.165, 1.54) is 180 Å². The predicted molar refractivity (Wildman–Crippen MR) is 377 cm³/mol. The van der Waals surface area contributed by atoms with Crippen molar-refractivity contribution >= 4 is 39.5 Å². The van der Waals surface area contributed by atoms with Crippen LogP contribution >= 0.6 is 15.6 Å². The van der Waals surface area contributed by atoms with E-state index in [0.717, 1.165) is 108 Å². The molecule has 0 radical (unpaired) electrons. The number of unbranched alkanes of at least 4 members (excludes halogenated alkanes) is 40. The molecule has 0 amide bonds. The van der Waals surface area contributed by atoms with Crippen LogP contribution in [0.15, 0.2) is 0 Å². The Hall–Kier alpha value is -1.94. The van der Waals surface area contributed by atoms with E-state index in [2.05, 4.69) is 48.5 Å². The second kappa shape index (κ2) is 64.7. The van der Waals surface area contributed by atoms with Crippen molar-refractivity contribution in [3.05, 3.63) is 0 Å². The third kappa shape index (κ3) is 68.4. The summed E-state index contributed by atoms with van der Waals surface area (Å²) in [7, 11) is -9.91. The first-order chi connectivity index (χ1) is 44.7. The first-order valence-corrected chi connectivity index (χ1v) is 41.3. The molecule has 93 heavy (non-hydrogen) atoms. The number of phosphoric ester groups is 2. The van der Waals surface area contributed by atoms with E-state index in [1.807, 2.05) is 0 Å². The average Bonchev–Trinajstić information content (AvgIpc) is 1.55. The smallest absolute Gasteiger partial charge is 0.462 e. The van der Waals surface area contributed by atoms with Crippen LogP contribution in [0.1, 0.15) is 376 Å². The van der Waals surface area contributed by atoms with E-state index in [-0.39, 0.29) is 25.7 Å². The standard InChI is InChI=1S/C74H144O17P2/c1-8-9-10-11-12-13-14-18-22-27-34-41-48-55-71(76)84-61-69(90-73(78)57-50-43-35-28-23-20-17-15-16-19-21-25-31-38-45-52-65(2)3)63-88-92(80,81)86-59-68(75)60-87-93(82,83)89-64-70(62-85-72(77)56-49-42-37-30-33-40-47-54-67(6)7)91-74(79)58-51-44-36-29-24-26-32-39-46-53-66(4)5/h65-70,75H,8-64H2,1-7H3,(H,80,81)(H,82,83)/t68-,69-,70-/m1/s1. The molecule has 17 nitrogen and oxygen atoms in total. The number of hydrogen-bond acceptors (Lipinski definition) is 15. The van der Waals surface area contributed by atoms with Gasteiger partial charge in [-0.3, -0.25) is 37.3 Å². The quantitative estimate of drug-likeness (QED) is 0.0222. The summed E-state index contributed by atoms with van der Waals surface area (Å²) in [6, 6.07) is 0. The Morgan fingerprint density at radius 3 is 0.731 bits per heavy atom. The number of hydrogen-bond donors (Lipinski definition) is 3. The summed E-state index contributed by atoms with van der Waals surface area (Å²) in [5.41, 5.74) is 0. The van der Waals surface area contributed by atoms with Gasteiger partial charge >= 0.3 is 39.5 Å². The third-order valence-electron chi connectivity index (χ3n) is 17.1. The molecular weight excluding hydrogens is 1220 g/mol. The molecule has 0 aromatic rings. The first kappa shape index (κ1) is 91.1. The van der Waals surface area contributed by atoms with Crippen molar-refractivity contribution in [3.63, 3.8) is 0 Å². The van der Waals surface area contributed by atoms with Crippen molar-refractivity contribution in [3.8, 4) is 0 Å². The van der Waals surface area contributed by atoms with Gasteiger partial charge in [0.05, 0.1) is 26.4 Å². The second-order valence-corrected chi connectivity index (χ2v) is 31.0. The summed E-state index contributed by atoms with van der Waals surface area (Å²) in [4.78, 5) is 72.7. The number of aliphatic hydroxyl groups is 1. The molecule has 19 heteroatoms. The fraction of sp³-hybridized carbons (Fsp3) is 0.946. The maximum absolute atomic E-state index is 13.1. The zero-order chi connectivity index (χ0) is 68.7. The lowest BCUT2D eigenvalue weighted by Gasteiger charge is -2.21. The highest BCUT2D eigenvalue weighted by molar-refractivity contribution is 7.47. The van der Waals surface area contributed by atoms with Gasteiger partial charge in [0.15, 0.2) is 12.2 Å². The van der Waals surface area contributed by atoms with Gasteiger partial charge in [-0.2, -0.15) is 0 Å². The zero-order valence-corrected chi connectivity index (χ0v) is 62.5. The minimum absolute atomic E-state index is 0.104. The van der Waals surface area contributed by atoms with E-state index >= 15 is 0 Å². The second-order valence-electron chi connectivity index (χ2n) is 28.1. The van der Waals surface area contributed by atoms with Crippen LogP contribution in [0.2, 0.25) is 0 Å². The van der Waals surface area contributed by atoms with Crippen LogP contribution in [0.4, 0.5) is 0 Å². The summed E-state index contributed by atoms with van der Waals surface area (Å²) in [6.07, 6.45) is 50.0. The highest BCUT2D eigenvalue weighted by atomic mass is 31.2. The summed E-state index contributed by atoms with van der Waals surface area (Å²) in [6.45, 7) is 11.8. The van der Waals surface area contributed by atoms with Gasteiger partial charge in [-0.25, -0.2) is 9.13 Å². The van der Waals surface area contributed by atoms with Gasteiger partial charge in [-0.15, -0.1) is 0 Å². The number of carbonyl (C=O) groups excluding carboxylic acids is 4. The van der Waals surface area contributed by atoms with Crippen LogP contribution in [0.3, 0.4) is 0 Å². The Morgan fingerprint density at radius 1 is 0.290 bits per heavy atom. The van der Waals surface area contributed by atoms with Crippen LogP contribution in [0, 0.1) is 17.8 Å². The average molecular weight is 1370 g/mol. The molecule has 0 fully saturated rings. The molecule has 0 aliphatic carbocycles. The van der Waals surface area contributed by atoms with Crippen LogP contribution in [0.25, 0.3) is 0 Å². The van der Waals surface area contributed by atoms with Gasteiger partial charge in [0, 0.05) is 25.7 Å². The molecule has 0 saturated heterocycles. The molecule has 3 N–H and O–H groups in total. The number of carbonyl (C=O) groups is 4. The maximum Gasteiger partial charge on any atom is 0.472 e. The van der Waals surface area contributed by atoms with Gasteiger partial charge in [0.1, 0.15) is 19.3 Å². The Bertz CT molecular complexity index is 1820. The van der Waals surface area contributed by atoms with Crippen molar-refractivity contribution in [1.82, 2.24) is 0 Å². The molecule has 0 rings (SSSR count). The largest absolute Gasteiger partial charge is 0.472 e. The number of phosphoric acid groups is 2. The minimum atomic E-state index is -4.96. The van der Waals surface area contributed by atoms with Crippen molar-refractivity contribution < 1.29 is 80.2 Å².